The number of aliphatic hydroxyl groups is 2. The fourth-order valence-electron chi connectivity index (χ4n) is 3.15. The predicted molar refractivity (Wildman–Crippen MR) is 120 cm³/mol. The highest BCUT2D eigenvalue weighted by Crippen LogP contribution is 2.39. The maximum absolute atomic E-state index is 11.6. The van der Waals surface area contributed by atoms with Crippen molar-refractivity contribution in [2.45, 2.75) is 13.2 Å². The van der Waals surface area contributed by atoms with Gasteiger partial charge < -0.3 is 32.3 Å². The van der Waals surface area contributed by atoms with E-state index in [1.165, 1.54) is 18.2 Å². The van der Waals surface area contributed by atoms with E-state index in [1.807, 2.05) is 0 Å². The molecule has 0 saturated heterocycles. The molecule has 0 fully saturated rings. The summed E-state index contributed by atoms with van der Waals surface area (Å²) in [5.74, 6) is 0. The number of nitrogens with zero attached hydrogens (tertiary/aromatic N) is 2. The zero-order valence-corrected chi connectivity index (χ0v) is 16.6. The largest absolute Gasteiger partial charge is 0.399 e. The van der Waals surface area contributed by atoms with Gasteiger partial charge in [-0.2, -0.15) is 0 Å². The van der Waals surface area contributed by atoms with Gasteiger partial charge in [0.15, 0.2) is 0 Å². The van der Waals surface area contributed by atoms with Gasteiger partial charge in [-0.25, -0.2) is 0 Å². The third-order valence-corrected chi connectivity index (χ3v) is 4.46. The van der Waals surface area contributed by atoms with E-state index in [4.69, 9.17) is 11.5 Å². The minimum atomic E-state index is -0.747. The lowest BCUT2D eigenvalue weighted by molar-refractivity contribution is -0.393. The first kappa shape index (κ1) is 22.3. The zero-order chi connectivity index (χ0) is 23.4. The average Bonchev–Trinajstić information content (AvgIpc) is 2.72. The summed E-state index contributed by atoms with van der Waals surface area (Å²) in [6.45, 7) is -0.588. The molecular weight excluding hydrogens is 420 g/mol. The van der Waals surface area contributed by atoms with E-state index in [0.717, 1.165) is 6.07 Å². The minimum Gasteiger partial charge on any atom is -0.399 e. The number of aliphatic hydroxyl groups excluding tert-OH is 2. The Morgan fingerprint density at radius 1 is 0.688 bits per heavy atom. The van der Waals surface area contributed by atoms with Gasteiger partial charge in [-0.1, -0.05) is 0 Å². The van der Waals surface area contributed by atoms with Crippen molar-refractivity contribution in [3.8, 4) is 0 Å². The van der Waals surface area contributed by atoms with Crippen LogP contribution in [0, 0.1) is 20.2 Å². The smallest absolute Gasteiger partial charge is 0.299 e. The first-order valence-corrected chi connectivity index (χ1v) is 9.21. The molecule has 0 radical (unpaired) electrons. The number of nitrogen functional groups attached to an aromatic ring is 2. The summed E-state index contributed by atoms with van der Waals surface area (Å²) in [7, 11) is 0. The molecule has 12 heteroatoms. The number of nitro groups is 2. The Morgan fingerprint density at radius 3 is 1.44 bits per heavy atom. The Bertz CT molecular complexity index is 1110. The normalized spacial score (nSPS) is 10.6. The molecule has 0 atom stereocenters. The lowest BCUT2D eigenvalue weighted by Gasteiger charge is -2.13. The number of rotatable bonds is 8. The number of hydrogen-bond donors (Lipinski definition) is 6. The number of nitro benzene ring substituents is 2. The minimum absolute atomic E-state index is 0.0381. The molecule has 166 valence electrons. The molecule has 3 rings (SSSR count). The SMILES string of the molecule is Nc1cc(CO)cc(Nc2cc(Nc3cc(N)cc(CO)c3)c([N+](=O)[O-])cc2[N+](=O)[O-])c1. The molecule has 0 aliphatic carbocycles. The molecule has 0 heterocycles. The fourth-order valence-corrected chi connectivity index (χ4v) is 3.15. The molecule has 32 heavy (non-hydrogen) atoms. The Balaban J connectivity index is 2.11. The number of hydrogen-bond acceptors (Lipinski definition) is 10. The molecule has 0 saturated carbocycles. The van der Waals surface area contributed by atoms with Crippen LogP contribution in [0.5, 0.6) is 0 Å². The number of anilines is 6. The molecule has 0 aliphatic heterocycles. The van der Waals surface area contributed by atoms with Gasteiger partial charge in [0.25, 0.3) is 11.4 Å². The Hall–Kier alpha value is -4.42. The number of benzene rings is 3. The zero-order valence-electron chi connectivity index (χ0n) is 16.6. The van der Waals surface area contributed by atoms with Crippen LogP contribution in [0.15, 0.2) is 48.5 Å². The van der Waals surface area contributed by atoms with Gasteiger partial charge in [0.2, 0.25) is 0 Å². The van der Waals surface area contributed by atoms with Gasteiger partial charge in [-0.05, 0) is 53.6 Å². The maximum atomic E-state index is 11.6. The molecule has 0 spiro atoms. The van der Waals surface area contributed by atoms with Crippen LogP contribution in [0.2, 0.25) is 0 Å². The van der Waals surface area contributed by atoms with Crippen LogP contribution in [0.3, 0.4) is 0 Å². The van der Waals surface area contributed by atoms with Crippen LogP contribution in [0.1, 0.15) is 11.1 Å². The van der Waals surface area contributed by atoms with E-state index in [9.17, 15) is 30.4 Å². The summed E-state index contributed by atoms with van der Waals surface area (Å²) < 4.78 is 0. The van der Waals surface area contributed by atoms with Crippen LogP contribution in [-0.2, 0) is 13.2 Å². The van der Waals surface area contributed by atoms with E-state index in [0.29, 0.717) is 33.9 Å². The molecule has 3 aromatic rings. The number of nitrogens with one attached hydrogen (secondary N) is 2. The summed E-state index contributed by atoms with van der Waals surface area (Å²) in [5, 5.41) is 47.6. The molecule has 0 unspecified atom stereocenters. The third kappa shape index (κ3) is 5.00. The van der Waals surface area contributed by atoms with E-state index in [-0.39, 0.29) is 24.6 Å². The van der Waals surface area contributed by atoms with Crippen molar-refractivity contribution < 1.29 is 20.1 Å². The maximum Gasteiger partial charge on any atom is 0.299 e. The highest BCUT2D eigenvalue weighted by molar-refractivity contribution is 5.83. The van der Waals surface area contributed by atoms with E-state index < -0.39 is 21.2 Å². The second-order valence-corrected chi connectivity index (χ2v) is 6.89. The topological polar surface area (TPSA) is 203 Å². The molecule has 3 aromatic carbocycles. The second kappa shape index (κ2) is 9.16. The Labute approximate surface area is 181 Å². The van der Waals surface area contributed by atoms with E-state index in [2.05, 4.69) is 10.6 Å². The van der Waals surface area contributed by atoms with Crippen molar-refractivity contribution in [3.63, 3.8) is 0 Å². The van der Waals surface area contributed by atoms with Crippen molar-refractivity contribution in [3.05, 3.63) is 79.9 Å². The lowest BCUT2D eigenvalue weighted by Crippen LogP contribution is -2.04. The molecular formula is C20H20N6O6. The van der Waals surface area contributed by atoms with Gasteiger partial charge >= 0.3 is 0 Å². The van der Waals surface area contributed by atoms with Crippen molar-refractivity contribution in [2.75, 3.05) is 22.1 Å². The van der Waals surface area contributed by atoms with Crippen molar-refractivity contribution in [2.24, 2.45) is 0 Å². The molecule has 0 amide bonds. The van der Waals surface area contributed by atoms with Gasteiger partial charge in [-0.3, -0.25) is 20.2 Å². The van der Waals surface area contributed by atoms with Crippen molar-refractivity contribution in [1.29, 1.82) is 0 Å². The predicted octanol–water partition coefficient (Wildman–Crippen LogP) is 3.14. The first-order chi connectivity index (χ1) is 15.2. The highest BCUT2D eigenvalue weighted by Gasteiger charge is 2.25. The van der Waals surface area contributed by atoms with Gasteiger partial charge in [0.1, 0.15) is 11.4 Å². The molecule has 8 N–H and O–H groups in total. The third-order valence-electron chi connectivity index (χ3n) is 4.46. The Kier molecular flexibility index (Phi) is 6.37. The highest BCUT2D eigenvalue weighted by atomic mass is 16.6. The monoisotopic (exact) mass is 440 g/mol. The van der Waals surface area contributed by atoms with Crippen LogP contribution < -0.4 is 22.1 Å². The first-order valence-electron chi connectivity index (χ1n) is 9.21. The standard InChI is InChI=1S/C20H20N6O6/c21-13-1-11(9-27)3-15(5-13)23-17-7-18(20(26(31)32)8-19(17)25(29)30)24-16-4-12(10-28)2-14(22)6-16/h1-8,23-24,27-28H,9-10,21-22H2. The molecule has 0 aliphatic rings. The summed E-state index contributed by atoms with van der Waals surface area (Å²) in [6.07, 6.45) is 0. The van der Waals surface area contributed by atoms with Crippen molar-refractivity contribution in [1.82, 2.24) is 0 Å². The fraction of sp³-hybridized carbons (Fsp3) is 0.100. The molecule has 0 aromatic heterocycles. The van der Waals surface area contributed by atoms with Gasteiger partial charge in [0.05, 0.1) is 29.1 Å². The summed E-state index contributed by atoms with van der Waals surface area (Å²) >= 11 is 0. The molecule has 0 bridgehead atoms. The van der Waals surface area contributed by atoms with E-state index in [1.54, 1.807) is 24.3 Å². The average molecular weight is 440 g/mol. The van der Waals surface area contributed by atoms with Crippen LogP contribution in [0.4, 0.5) is 45.5 Å². The van der Waals surface area contributed by atoms with E-state index >= 15 is 0 Å². The van der Waals surface area contributed by atoms with Gasteiger partial charge in [-0.15, -0.1) is 0 Å². The van der Waals surface area contributed by atoms with Crippen molar-refractivity contribution >= 4 is 45.5 Å². The van der Waals surface area contributed by atoms with Crippen LogP contribution >= 0.6 is 0 Å². The second-order valence-electron chi connectivity index (χ2n) is 6.89. The Morgan fingerprint density at radius 2 is 1.09 bits per heavy atom. The lowest BCUT2D eigenvalue weighted by atomic mass is 10.1. The number of nitrogens with two attached hydrogens (primary N) is 2. The molecule has 12 nitrogen and oxygen atoms in total. The van der Waals surface area contributed by atoms with Gasteiger partial charge in [0, 0.05) is 22.7 Å². The summed E-state index contributed by atoms with van der Waals surface area (Å²) in [6, 6.07) is 11.2. The quantitative estimate of drug-likeness (QED) is 0.171. The summed E-state index contributed by atoms with van der Waals surface area (Å²) in [4.78, 5) is 21.7. The summed E-state index contributed by atoms with van der Waals surface area (Å²) in [5.41, 5.74) is 12.8. The van der Waals surface area contributed by atoms with Crippen LogP contribution in [-0.4, -0.2) is 20.1 Å². The van der Waals surface area contributed by atoms with Crippen LogP contribution in [0.25, 0.3) is 0 Å².